The van der Waals surface area contributed by atoms with Gasteiger partial charge in [-0.1, -0.05) is 0 Å². The lowest BCUT2D eigenvalue weighted by Gasteiger charge is -2.20. The van der Waals surface area contributed by atoms with Crippen LogP contribution in [0.15, 0.2) is 6.20 Å². The van der Waals surface area contributed by atoms with Crippen LogP contribution in [0.2, 0.25) is 0 Å². The van der Waals surface area contributed by atoms with Crippen LogP contribution < -0.4 is 4.90 Å². The maximum absolute atomic E-state index is 14.3. The average Bonchev–Trinajstić information content (AvgIpc) is 3.17. The summed E-state index contributed by atoms with van der Waals surface area (Å²) in [5.41, 5.74) is -4.69. The smallest absolute Gasteiger partial charge is 0.296 e. The molecule has 0 spiro atoms. The molecule has 0 radical (unpaired) electrons. The molecule has 1 aliphatic heterocycles. The van der Waals surface area contributed by atoms with Crippen molar-refractivity contribution in [1.29, 1.82) is 5.26 Å². The van der Waals surface area contributed by atoms with Crippen LogP contribution >= 0.6 is 0 Å². The van der Waals surface area contributed by atoms with Crippen molar-refractivity contribution >= 4 is 11.7 Å². The molecule has 2 aromatic rings. The number of halogens is 7. The second-order valence-electron chi connectivity index (χ2n) is 5.53. The largest absolute Gasteiger partial charge is 0.422 e. The fourth-order valence-corrected chi connectivity index (χ4v) is 2.77. The Labute approximate surface area is 146 Å². The van der Waals surface area contributed by atoms with Gasteiger partial charge in [-0.25, -0.2) is 22.2 Å². The van der Waals surface area contributed by atoms with E-state index in [1.807, 2.05) is 0 Å². The molecule has 142 valence electrons. The van der Waals surface area contributed by atoms with E-state index in [0.717, 1.165) is 11.1 Å². The van der Waals surface area contributed by atoms with Crippen molar-refractivity contribution < 1.29 is 35.5 Å². The van der Waals surface area contributed by atoms with Crippen LogP contribution in [-0.2, 0) is 11.0 Å². The van der Waals surface area contributed by atoms with E-state index in [0.29, 0.717) is 6.42 Å². The minimum atomic E-state index is -5.69. The van der Waals surface area contributed by atoms with E-state index in [4.69, 9.17) is 5.26 Å². The molecule has 3 rings (SSSR count). The van der Waals surface area contributed by atoms with Crippen LogP contribution in [0.5, 0.6) is 0 Å². The molecule has 0 aliphatic carbocycles. The van der Waals surface area contributed by atoms with Gasteiger partial charge in [-0.05, 0) is 6.42 Å². The molecule has 1 fully saturated rings. The highest BCUT2D eigenvalue weighted by Gasteiger charge is 2.43. The summed E-state index contributed by atoms with van der Waals surface area (Å²) in [6.07, 6.45) is -4.55. The summed E-state index contributed by atoms with van der Waals surface area (Å²) in [6, 6.07) is 1.60. The zero-order valence-corrected chi connectivity index (χ0v) is 13.0. The van der Waals surface area contributed by atoms with Crippen molar-refractivity contribution in [2.24, 2.45) is 0 Å². The van der Waals surface area contributed by atoms with Crippen molar-refractivity contribution in [2.45, 2.75) is 19.0 Å². The van der Waals surface area contributed by atoms with Crippen LogP contribution in [0.4, 0.5) is 36.6 Å². The number of nitrogens with zero attached hydrogens (tertiary/aromatic N) is 4. The van der Waals surface area contributed by atoms with Crippen molar-refractivity contribution in [3.63, 3.8) is 0 Å². The summed E-state index contributed by atoms with van der Waals surface area (Å²) in [5, 5.41) is 12.5. The van der Waals surface area contributed by atoms with Gasteiger partial charge in [0.15, 0.2) is 29.1 Å². The average molecular weight is 392 g/mol. The number of benzene rings is 1. The first-order valence-corrected chi connectivity index (χ1v) is 7.31. The molecule has 0 saturated carbocycles. The number of hydrogen-bond donors (Lipinski definition) is 0. The number of anilines is 1. The second-order valence-corrected chi connectivity index (χ2v) is 5.53. The Bertz CT molecular complexity index is 961. The van der Waals surface area contributed by atoms with E-state index in [1.54, 1.807) is 6.07 Å². The fourth-order valence-electron chi connectivity index (χ4n) is 2.77. The summed E-state index contributed by atoms with van der Waals surface area (Å²) in [6.45, 7) is 0.0219. The zero-order chi connectivity index (χ0) is 20.1. The van der Waals surface area contributed by atoms with E-state index in [9.17, 15) is 35.5 Å². The lowest BCUT2D eigenvalue weighted by molar-refractivity contribution is -0.143. The van der Waals surface area contributed by atoms with Gasteiger partial charge in [0.1, 0.15) is 22.9 Å². The molecule has 5 nitrogen and oxygen atoms in total. The van der Waals surface area contributed by atoms with Crippen molar-refractivity contribution in [3.8, 4) is 11.8 Å². The van der Waals surface area contributed by atoms with Crippen molar-refractivity contribution in [3.05, 3.63) is 40.6 Å². The Morgan fingerprint density at radius 1 is 1.07 bits per heavy atom. The van der Waals surface area contributed by atoms with E-state index < -0.39 is 52.4 Å². The van der Waals surface area contributed by atoms with Gasteiger partial charge < -0.3 is 0 Å². The van der Waals surface area contributed by atoms with Crippen LogP contribution in [0, 0.1) is 34.6 Å². The quantitative estimate of drug-likeness (QED) is 0.581. The lowest BCUT2D eigenvalue weighted by atomic mass is 10.1. The van der Waals surface area contributed by atoms with Crippen LogP contribution in [0.25, 0.3) is 5.69 Å². The summed E-state index contributed by atoms with van der Waals surface area (Å²) in [5.74, 6) is -11.1. The van der Waals surface area contributed by atoms with Gasteiger partial charge in [0.2, 0.25) is 5.91 Å². The third-order valence-electron chi connectivity index (χ3n) is 3.93. The lowest BCUT2D eigenvalue weighted by Crippen LogP contribution is -2.28. The van der Waals surface area contributed by atoms with E-state index in [1.165, 1.54) is 0 Å². The highest BCUT2D eigenvalue weighted by atomic mass is 19.4. The van der Waals surface area contributed by atoms with Gasteiger partial charge in [-0.3, -0.25) is 9.69 Å². The Morgan fingerprint density at radius 2 is 1.67 bits per heavy atom. The number of carbonyl (C=O) groups excluding carboxylic acids is 1. The number of aromatic nitrogens is 2. The highest BCUT2D eigenvalue weighted by Crippen LogP contribution is 2.39. The molecular formula is C15H7F7N4O. The molecule has 1 saturated heterocycles. The molecule has 1 aromatic heterocycles. The molecule has 12 heteroatoms. The number of carbonyl (C=O) groups is 1. The SMILES string of the molecule is N#Cc1cnn(-c2c(F)c(F)c(C(F)(F)F)c(F)c2F)c1N1CCCC1=O. The number of rotatable bonds is 2. The Balaban J connectivity index is 2.33. The Morgan fingerprint density at radius 3 is 2.11 bits per heavy atom. The molecule has 0 unspecified atom stereocenters. The first kappa shape index (κ1) is 18.7. The van der Waals surface area contributed by atoms with Crippen molar-refractivity contribution in [1.82, 2.24) is 9.78 Å². The third kappa shape index (κ3) is 2.79. The van der Waals surface area contributed by atoms with Crippen LogP contribution in [0.1, 0.15) is 24.0 Å². The predicted octanol–water partition coefficient (Wildman–Crippen LogP) is 3.45. The Kier molecular flexibility index (Phi) is 4.33. The predicted molar refractivity (Wildman–Crippen MR) is 74.7 cm³/mol. The van der Waals surface area contributed by atoms with Gasteiger partial charge in [0.05, 0.1) is 6.20 Å². The summed E-state index contributed by atoms with van der Waals surface area (Å²) >= 11 is 0. The number of alkyl halides is 3. The first-order valence-electron chi connectivity index (χ1n) is 7.31. The second kappa shape index (κ2) is 6.26. The third-order valence-corrected chi connectivity index (χ3v) is 3.93. The maximum Gasteiger partial charge on any atom is 0.422 e. The maximum atomic E-state index is 14.3. The van der Waals surface area contributed by atoms with Crippen molar-refractivity contribution in [2.75, 3.05) is 11.4 Å². The zero-order valence-electron chi connectivity index (χ0n) is 13.0. The molecule has 2 heterocycles. The van der Waals surface area contributed by atoms with Gasteiger partial charge in [-0.15, -0.1) is 0 Å². The van der Waals surface area contributed by atoms with E-state index in [-0.39, 0.29) is 23.2 Å². The summed E-state index contributed by atoms with van der Waals surface area (Å²) in [7, 11) is 0. The van der Waals surface area contributed by atoms with Gasteiger partial charge >= 0.3 is 6.18 Å². The number of nitriles is 1. The molecule has 0 atom stereocenters. The first-order chi connectivity index (χ1) is 12.6. The van der Waals surface area contributed by atoms with E-state index in [2.05, 4.69) is 5.10 Å². The van der Waals surface area contributed by atoms with Gasteiger partial charge in [-0.2, -0.15) is 23.5 Å². The fraction of sp³-hybridized carbons (Fsp3) is 0.267. The molecule has 27 heavy (non-hydrogen) atoms. The molecule has 0 N–H and O–H groups in total. The normalized spacial score (nSPS) is 14.7. The number of amides is 1. The minimum absolute atomic E-state index is 0.0219. The number of hydrogen-bond acceptors (Lipinski definition) is 3. The Hall–Kier alpha value is -3.10. The summed E-state index contributed by atoms with van der Waals surface area (Å²) in [4.78, 5) is 12.8. The topological polar surface area (TPSA) is 61.9 Å². The molecule has 1 aromatic carbocycles. The molecule has 1 aliphatic rings. The highest BCUT2D eigenvalue weighted by molar-refractivity contribution is 5.96. The minimum Gasteiger partial charge on any atom is -0.296 e. The van der Waals surface area contributed by atoms with Crippen LogP contribution in [0.3, 0.4) is 0 Å². The van der Waals surface area contributed by atoms with Gasteiger partial charge in [0, 0.05) is 13.0 Å². The standard InChI is InChI=1S/C15H7F7N4O/c16-9-8(15(20,21)22)10(17)12(19)13(11(9)18)26-14(6(4-23)5-24-26)25-3-1-2-7(25)27/h5H,1-3H2. The molecule has 0 bridgehead atoms. The van der Waals surface area contributed by atoms with E-state index >= 15 is 0 Å². The monoisotopic (exact) mass is 392 g/mol. The summed E-state index contributed by atoms with van der Waals surface area (Å²) < 4.78 is 94.6. The van der Waals surface area contributed by atoms with Crippen LogP contribution in [-0.4, -0.2) is 22.2 Å². The molecule has 1 amide bonds. The van der Waals surface area contributed by atoms with Gasteiger partial charge in [0.25, 0.3) is 0 Å². The molecular weight excluding hydrogens is 385 g/mol.